The first kappa shape index (κ1) is 15.1. The first-order valence-corrected chi connectivity index (χ1v) is 7.75. The molecule has 3 heterocycles. The van der Waals surface area contributed by atoms with Crippen LogP contribution in [0.15, 0.2) is 47.4 Å². The summed E-state index contributed by atoms with van der Waals surface area (Å²) in [5.74, 6) is 0.452. The fourth-order valence-corrected chi connectivity index (χ4v) is 2.81. The van der Waals surface area contributed by atoms with Gasteiger partial charge < -0.3 is 10.1 Å². The highest BCUT2D eigenvalue weighted by Crippen LogP contribution is 2.26. The Balaban J connectivity index is 1.96. The number of H-pyrrole nitrogens is 1. The molecular formula is C18H15N5O2. The van der Waals surface area contributed by atoms with Crippen LogP contribution < -0.4 is 5.56 Å². The number of aromatic hydroxyl groups is 1. The third-order valence-electron chi connectivity index (χ3n) is 4.04. The van der Waals surface area contributed by atoms with Gasteiger partial charge in [-0.1, -0.05) is 12.1 Å². The summed E-state index contributed by atoms with van der Waals surface area (Å²) in [7, 11) is 0. The normalized spacial score (nSPS) is 11.1. The van der Waals surface area contributed by atoms with Gasteiger partial charge in [-0.15, -0.1) is 5.10 Å². The van der Waals surface area contributed by atoms with Crippen molar-refractivity contribution in [3.8, 4) is 23.0 Å². The number of nitrogens with zero attached hydrogens (tertiary/aromatic N) is 4. The van der Waals surface area contributed by atoms with E-state index in [-0.39, 0.29) is 11.3 Å². The van der Waals surface area contributed by atoms with Crippen LogP contribution in [0.25, 0.3) is 28.2 Å². The Labute approximate surface area is 142 Å². The first-order valence-electron chi connectivity index (χ1n) is 7.75. The summed E-state index contributed by atoms with van der Waals surface area (Å²) in [6.07, 6.45) is 1.63. The molecule has 25 heavy (non-hydrogen) atoms. The van der Waals surface area contributed by atoms with E-state index < -0.39 is 0 Å². The van der Waals surface area contributed by atoms with Crippen LogP contribution in [0.4, 0.5) is 0 Å². The van der Waals surface area contributed by atoms with Crippen molar-refractivity contribution in [2.45, 2.75) is 13.8 Å². The van der Waals surface area contributed by atoms with E-state index in [1.165, 1.54) is 4.68 Å². The van der Waals surface area contributed by atoms with Crippen LogP contribution in [-0.4, -0.2) is 29.8 Å². The molecule has 124 valence electrons. The van der Waals surface area contributed by atoms with Crippen molar-refractivity contribution in [3.05, 3.63) is 64.2 Å². The summed E-state index contributed by atoms with van der Waals surface area (Å²) in [4.78, 5) is 23.9. The SMILES string of the molecule is Cc1ccc(-n2nc3nc(-c4ccccn4)[nH]c(=O)c3c2C)c(O)c1. The summed E-state index contributed by atoms with van der Waals surface area (Å²) < 4.78 is 1.53. The number of nitrogens with one attached hydrogen (secondary N) is 1. The zero-order valence-corrected chi connectivity index (χ0v) is 13.7. The lowest BCUT2D eigenvalue weighted by Gasteiger charge is -2.07. The number of aryl methyl sites for hydroxylation is 2. The lowest BCUT2D eigenvalue weighted by molar-refractivity contribution is 0.469. The quantitative estimate of drug-likeness (QED) is 0.587. The fourth-order valence-electron chi connectivity index (χ4n) is 2.81. The Bertz CT molecular complexity index is 1150. The second-order valence-electron chi connectivity index (χ2n) is 5.82. The molecule has 7 heteroatoms. The molecule has 0 unspecified atom stereocenters. The third-order valence-corrected chi connectivity index (χ3v) is 4.04. The number of fused-ring (bicyclic) bond motifs is 1. The molecule has 3 aromatic heterocycles. The Kier molecular flexibility index (Phi) is 3.35. The summed E-state index contributed by atoms with van der Waals surface area (Å²) in [6.45, 7) is 3.66. The van der Waals surface area contributed by atoms with E-state index in [9.17, 15) is 9.90 Å². The molecule has 0 fully saturated rings. The minimum absolute atomic E-state index is 0.0947. The number of aromatic nitrogens is 5. The smallest absolute Gasteiger partial charge is 0.262 e. The van der Waals surface area contributed by atoms with Crippen molar-refractivity contribution < 1.29 is 5.11 Å². The zero-order valence-electron chi connectivity index (χ0n) is 13.7. The van der Waals surface area contributed by atoms with E-state index in [1.54, 1.807) is 37.4 Å². The number of hydrogen-bond donors (Lipinski definition) is 2. The average Bonchev–Trinajstić information content (AvgIpc) is 2.93. The monoisotopic (exact) mass is 333 g/mol. The number of pyridine rings is 1. The molecule has 4 aromatic rings. The van der Waals surface area contributed by atoms with Crippen LogP contribution in [0.2, 0.25) is 0 Å². The number of hydrogen-bond acceptors (Lipinski definition) is 5. The molecule has 0 atom stereocenters. The van der Waals surface area contributed by atoms with Crippen LogP contribution in [-0.2, 0) is 0 Å². The lowest BCUT2D eigenvalue weighted by Crippen LogP contribution is -2.10. The molecule has 1 aromatic carbocycles. The van der Waals surface area contributed by atoms with E-state index >= 15 is 0 Å². The second-order valence-corrected chi connectivity index (χ2v) is 5.82. The second kappa shape index (κ2) is 5.55. The van der Waals surface area contributed by atoms with Crippen molar-refractivity contribution in [1.82, 2.24) is 24.7 Å². The number of aromatic amines is 1. The van der Waals surface area contributed by atoms with Crippen molar-refractivity contribution >= 4 is 11.0 Å². The van der Waals surface area contributed by atoms with Gasteiger partial charge in [0.1, 0.15) is 22.5 Å². The maximum Gasteiger partial charge on any atom is 0.262 e. The van der Waals surface area contributed by atoms with Gasteiger partial charge in [0.15, 0.2) is 11.5 Å². The van der Waals surface area contributed by atoms with Gasteiger partial charge in [-0.05, 0) is 43.7 Å². The molecule has 0 bridgehead atoms. The fraction of sp³-hybridized carbons (Fsp3) is 0.111. The highest BCUT2D eigenvalue weighted by Gasteiger charge is 2.17. The molecule has 0 radical (unpaired) electrons. The topological polar surface area (TPSA) is 96.7 Å². The van der Waals surface area contributed by atoms with Gasteiger partial charge in [0, 0.05) is 6.20 Å². The van der Waals surface area contributed by atoms with Gasteiger partial charge in [0.05, 0.1) is 5.69 Å². The molecule has 0 saturated heterocycles. The molecule has 0 amide bonds. The highest BCUT2D eigenvalue weighted by molar-refractivity contribution is 5.79. The van der Waals surface area contributed by atoms with E-state index in [2.05, 4.69) is 20.1 Å². The van der Waals surface area contributed by atoms with Crippen LogP contribution in [0.5, 0.6) is 5.75 Å². The van der Waals surface area contributed by atoms with E-state index in [1.807, 2.05) is 19.1 Å². The molecular weight excluding hydrogens is 318 g/mol. The van der Waals surface area contributed by atoms with Crippen LogP contribution >= 0.6 is 0 Å². The molecule has 0 saturated carbocycles. The predicted octanol–water partition coefficient (Wildman–Crippen LogP) is 2.49. The van der Waals surface area contributed by atoms with E-state index in [4.69, 9.17) is 0 Å². The largest absolute Gasteiger partial charge is 0.506 e. The summed E-state index contributed by atoms with van der Waals surface area (Å²) in [6, 6.07) is 10.7. The maximum atomic E-state index is 12.5. The zero-order chi connectivity index (χ0) is 17.6. The third kappa shape index (κ3) is 2.46. The first-order chi connectivity index (χ1) is 12.0. The van der Waals surface area contributed by atoms with Gasteiger partial charge in [-0.2, -0.15) is 0 Å². The molecule has 7 nitrogen and oxygen atoms in total. The van der Waals surface area contributed by atoms with Crippen LogP contribution in [0.3, 0.4) is 0 Å². The van der Waals surface area contributed by atoms with Gasteiger partial charge in [0.2, 0.25) is 0 Å². The molecule has 0 aliphatic rings. The van der Waals surface area contributed by atoms with Crippen molar-refractivity contribution in [3.63, 3.8) is 0 Å². The van der Waals surface area contributed by atoms with Crippen molar-refractivity contribution in [1.29, 1.82) is 0 Å². The minimum atomic E-state index is -0.291. The summed E-state index contributed by atoms with van der Waals surface area (Å²) in [5.41, 5.74) is 2.62. The molecule has 4 rings (SSSR count). The average molecular weight is 333 g/mol. The summed E-state index contributed by atoms with van der Waals surface area (Å²) in [5, 5.41) is 15.0. The number of rotatable bonds is 2. The number of benzene rings is 1. The van der Waals surface area contributed by atoms with Crippen LogP contribution in [0.1, 0.15) is 11.3 Å². The van der Waals surface area contributed by atoms with E-state index in [0.717, 1.165) is 5.56 Å². The minimum Gasteiger partial charge on any atom is -0.506 e. The van der Waals surface area contributed by atoms with Crippen molar-refractivity contribution in [2.75, 3.05) is 0 Å². The Hall–Kier alpha value is -3.48. The lowest BCUT2D eigenvalue weighted by atomic mass is 10.2. The predicted molar refractivity (Wildman–Crippen MR) is 93.9 cm³/mol. The number of phenolic OH excluding ortho intramolecular Hbond substituents is 1. The standard InChI is InChI=1S/C18H15N5O2/c1-10-6-7-13(14(24)9-10)23-11(2)15-17(22-23)20-16(21-18(15)25)12-5-3-4-8-19-12/h3-9,24H,1-2H3,(H,20,21,22,25). The Morgan fingerprint density at radius 2 is 2.00 bits per heavy atom. The molecule has 2 N–H and O–H groups in total. The molecule has 0 aliphatic carbocycles. The Morgan fingerprint density at radius 3 is 2.72 bits per heavy atom. The number of phenols is 1. The van der Waals surface area contributed by atoms with Gasteiger partial charge >= 0.3 is 0 Å². The molecule has 0 spiro atoms. The highest BCUT2D eigenvalue weighted by atomic mass is 16.3. The van der Waals surface area contributed by atoms with E-state index in [0.29, 0.717) is 33.9 Å². The summed E-state index contributed by atoms with van der Waals surface area (Å²) >= 11 is 0. The molecule has 0 aliphatic heterocycles. The van der Waals surface area contributed by atoms with Gasteiger partial charge in [-0.3, -0.25) is 9.78 Å². The van der Waals surface area contributed by atoms with Crippen LogP contribution in [0, 0.1) is 13.8 Å². The Morgan fingerprint density at radius 1 is 1.16 bits per heavy atom. The van der Waals surface area contributed by atoms with Gasteiger partial charge in [-0.25, -0.2) is 9.67 Å². The van der Waals surface area contributed by atoms with Crippen molar-refractivity contribution in [2.24, 2.45) is 0 Å². The van der Waals surface area contributed by atoms with Gasteiger partial charge in [0.25, 0.3) is 5.56 Å². The maximum absolute atomic E-state index is 12.5.